The smallest absolute Gasteiger partial charge is 0.243 e. The van der Waals surface area contributed by atoms with Crippen LogP contribution >= 0.6 is 15.9 Å². The lowest BCUT2D eigenvalue weighted by atomic mass is 10.0. The number of aromatic nitrogens is 1. The van der Waals surface area contributed by atoms with Gasteiger partial charge in [-0.05, 0) is 45.3 Å². The Hall–Kier alpha value is -2.81. The van der Waals surface area contributed by atoms with Crippen molar-refractivity contribution in [2.75, 3.05) is 0 Å². The number of benzene rings is 1. The molecule has 0 radical (unpaired) electrons. The Morgan fingerprint density at radius 1 is 1.11 bits per heavy atom. The van der Waals surface area contributed by atoms with Crippen molar-refractivity contribution in [3.05, 3.63) is 64.1 Å². The summed E-state index contributed by atoms with van der Waals surface area (Å²) >= 11 is 3.29. The van der Waals surface area contributed by atoms with Crippen molar-refractivity contribution in [2.45, 2.75) is 31.8 Å². The third-order valence-corrected chi connectivity index (χ3v) is 4.68. The molecule has 2 atom stereocenters. The fraction of sp³-hybridized carbons (Fsp3) is 0.263. The molecule has 1 aromatic heterocycles. The van der Waals surface area contributed by atoms with Crippen LogP contribution in [0.3, 0.4) is 0 Å². The molecule has 0 aliphatic rings. The average molecular weight is 451 g/mol. The van der Waals surface area contributed by atoms with E-state index in [1.165, 1.54) is 31.2 Å². The number of nitrogens with zero attached hydrogens (tertiary/aromatic N) is 1. The normalized spacial score (nSPS) is 12.7. The molecule has 9 heteroatoms. The van der Waals surface area contributed by atoms with Crippen molar-refractivity contribution in [1.82, 2.24) is 15.6 Å². The van der Waals surface area contributed by atoms with Gasteiger partial charge in [-0.25, -0.2) is 9.37 Å². The van der Waals surface area contributed by atoms with Gasteiger partial charge in [0.2, 0.25) is 17.7 Å². The number of hydrogen-bond donors (Lipinski definition) is 3. The van der Waals surface area contributed by atoms with E-state index in [2.05, 4.69) is 31.5 Å². The number of hydrogen-bond acceptors (Lipinski definition) is 4. The minimum Gasteiger partial charge on any atom is -0.368 e. The van der Waals surface area contributed by atoms with E-state index in [9.17, 15) is 18.8 Å². The summed E-state index contributed by atoms with van der Waals surface area (Å²) in [4.78, 5) is 40.1. The third kappa shape index (κ3) is 6.41. The number of nitrogens with one attached hydrogen (secondary N) is 2. The molecule has 2 rings (SSSR count). The number of rotatable bonds is 8. The van der Waals surface area contributed by atoms with Gasteiger partial charge in [0.05, 0.1) is 0 Å². The molecule has 1 aromatic carbocycles. The quantitative estimate of drug-likeness (QED) is 0.524. The van der Waals surface area contributed by atoms with Gasteiger partial charge < -0.3 is 16.4 Å². The van der Waals surface area contributed by atoms with Crippen molar-refractivity contribution >= 4 is 33.7 Å². The second kappa shape index (κ2) is 9.93. The number of primary amides is 1. The lowest BCUT2D eigenvalue weighted by Gasteiger charge is -2.22. The van der Waals surface area contributed by atoms with Gasteiger partial charge in [-0.3, -0.25) is 14.4 Å². The van der Waals surface area contributed by atoms with Crippen LogP contribution in [0.5, 0.6) is 0 Å². The molecule has 7 nitrogen and oxygen atoms in total. The molecule has 2 aromatic rings. The number of pyridine rings is 1. The second-order valence-electron chi connectivity index (χ2n) is 6.20. The third-order valence-electron chi connectivity index (χ3n) is 3.97. The summed E-state index contributed by atoms with van der Waals surface area (Å²) in [6.45, 7) is 1.28. The van der Waals surface area contributed by atoms with Crippen molar-refractivity contribution < 1.29 is 18.8 Å². The topological polar surface area (TPSA) is 114 Å². The predicted molar refractivity (Wildman–Crippen MR) is 104 cm³/mol. The minimum atomic E-state index is -0.988. The van der Waals surface area contributed by atoms with Crippen LogP contribution in [0.2, 0.25) is 0 Å². The van der Waals surface area contributed by atoms with E-state index in [4.69, 9.17) is 5.73 Å². The average Bonchev–Trinajstić information content (AvgIpc) is 2.63. The molecule has 0 spiro atoms. The van der Waals surface area contributed by atoms with E-state index >= 15 is 0 Å². The van der Waals surface area contributed by atoms with E-state index in [0.29, 0.717) is 15.7 Å². The van der Waals surface area contributed by atoms with E-state index in [-0.39, 0.29) is 12.8 Å². The van der Waals surface area contributed by atoms with Gasteiger partial charge in [-0.2, -0.15) is 0 Å². The first kappa shape index (κ1) is 21.5. The lowest BCUT2D eigenvalue weighted by Crippen LogP contribution is -2.54. The molecule has 3 amide bonds. The number of carbonyl (C=O) groups is 3. The highest BCUT2D eigenvalue weighted by atomic mass is 79.9. The molecule has 1 heterocycles. The van der Waals surface area contributed by atoms with Gasteiger partial charge in [-0.15, -0.1) is 0 Å². The monoisotopic (exact) mass is 450 g/mol. The minimum absolute atomic E-state index is 0.133. The Morgan fingerprint density at radius 2 is 1.79 bits per heavy atom. The van der Waals surface area contributed by atoms with Crippen LogP contribution in [0.15, 0.2) is 47.2 Å². The van der Waals surface area contributed by atoms with E-state index in [0.717, 1.165) is 0 Å². The number of amides is 3. The Morgan fingerprint density at radius 3 is 2.36 bits per heavy atom. The van der Waals surface area contributed by atoms with Gasteiger partial charge in [0, 0.05) is 26.0 Å². The van der Waals surface area contributed by atoms with Crippen LogP contribution in [0, 0.1) is 5.82 Å². The predicted octanol–water partition coefficient (Wildman–Crippen LogP) is 1.24. The highest BCUT2D eigenvalue weighted by molar-refractivity contribution is 9.10. The van der Waals surface area contributed by atoms with Crippen LogP contribution in [0.25, 0.3) is 0 Å². The Labute approximate surface area is 170 Å². The largest absolute Gasteiger partial charge is 0.368 e. The highest BCUT2D eigenvalue weighted by Gasteiger charge is 2.26. The molecular weight excluding hydrogens is 431 g/mol. The Kier molecular flexibility index (Phi) is 7.62. The van der Waals surface area contributed by atoms with Gasteiger partial charge in [0.1, 0.15) is 22.5 Å². The van der Waals surface area contributed by atoms with Gasteiger partial charge in [0.15, 0.2) is 0 Å². The molecule has 4 N–H and O–H groups in total. The summed E-state index contributed by atoms with van der Waals surface area (Å²) in [5.74, 6) is -2.09. The standard InChI is InChI=1S/C19H20BrFN4O3/c1-11(26)24-16(9-12-4-6-14(21)7-5-12)19(28)25-15(18(22)27)10-13-3-2-8-23-17(13)20/h2-8,15-16H,9-10H2,1H3,(H2,22,27)(H,24,26)(H,25,28)/t15-,16-/m0/s1. The fourth-order valence-electron chi connectivity index (χ4n) is 2.60. The SMILES string of the molecule is CC(=O)N[C@@H](Cc1ccc(F)cc1)C(=O)N[C@@H](Cc1cccnc1Br)C(N)=O. The highest BCUT2D eigenvalue weighted by Crippen LogP contribution is 2.15. The maximum atomic E-state index is 13.1. The zero-order valence-corrected chi connectivity index (χ0v) is 16.7. The van der Waals surface area contributed by atoms with E-state index in [1.54, 1.807) is 18.3 Å². The molecule has 28 heavy (non-hydrogen) atoms. The number of nitrogens with two attached hydrogens (primary N) is 1. The fourth-order valence-corrected chi connectivity index (χ4v) is 3.01. The van der Waals surface area contributed by atoms with Gasteiger partial charge in [0.25, 0.3) is 0 Å². The van der Waals surface area contributed by atoms with Crippen LogP contribution in [0.1, 0.15) is 18.1 Å². The van der Waals surface area contributed by atoms with Crippen molar-refractivity contribution in [3.8, 4) is 0 Å². The first-order chi connectivity index (χ1) is 13.3. The Balaban J connectivity index is 2.14. The summed E-state index contributed by atoms with van der Waals surface area (Å²) in [6, 6.07) is 7.11. The number of halogens is 2. The van der Waals surface area contributed by atoms with Crippen LogP contribution in [0.4, 0.5) is 4.39 Å². The summed E-state index contributed by atoms with van der Waals surface area (Å²) in [6.07, 6.45) is 1.85. The zero-order chi connectivity index (χ0) is 20.7. The molecular formula is C19H20BrFN4O3. The van der Waals surface area contributed by atoms with Gasteiger partial charge >= 0.3 is 0 Å². The molecule has 0 unspecified atom stereocenters. The van der Waals surface area contributed by atoms with Crippen LogP contribution in [-0.2, 0) is 27.2 Å². The molecule has 0 saturated heterocycles. The second-order valence-corrected chi connectivity index (χ2v) is 6.96. The van der Waals surface area contributed by atoms with E-state index in [1.807, 2.05) is 0 Å². The summed E-state index contributed by atoms with van der Waals surface area (Å²) in [7, 11) is 0. The van der Waals surface area contributed by atoms with Crippen molar-refractivity contribution in [2.24, 2.45) is 5.73 Å². The van der Waals surface area contributed by atoms with Crippen molar-refractivity contribution in [3.63, 3.8) is 0 Å². The number of carbonyl (C=O) groups excluding carboxylic acids is 3. The maximum Gasteiger partial charge on any atom is 0.243 e. The van der Waals surface area contributed by atoms with Crippen LogP contribution < -0.4 is 16.4 Å². The molecule has 0 bridgehead atoms. The summed E-state index contributed by atoms with van der Waals surface area (Å²) in [5.41, 5.74) is 6.78. The summed E-state index contributed by atoms with van der Waals surface area (Å²) in [5, 5.41) is 5.12. The lowest BCUT2D eigenvalue weighted by molar-refractivity contribution is -0.130. The van der Waals surface area contributed by atoms with Crippen LogP contribution in [-0.4, -0.2) is 34.8 Å². The molecule has 148 valence electrons. The first-order valence-corrected chi connectivity index (χ1v) is 9.26. The summed E-state index contributed by atoms with van der Waals surface area (Å²) < 4.78 is 13.6. The first-order valence-electron chi connectivity index (χ1n) is 8.47. The molecule has 0 saturated carbocycles. The van der Waals surface area contributed by atoms with Gasteiger partial charge in [-0.1, -0.05) is 18.2 Å². The Bertz CT molecular complexity index is 861. The van der Waals surface area contributed by atoms with E-state index < -0.39 is 35.6 Å². The van der Waals surface area contributed by atoms with Crippen molar-refractivity contribution in [1.29, 1.82) is 0 Å². The molecule has 0 fully saturated rings. The zero-order valence-electron chi connectivity index (χ0n) is 15.1. The molecule has 0 aliphatic heterocycles. The molecule has 0 aliphatic carbocycles. The maximum absolute atomic E-state index is 13.1.